The van der Waals surface area contributed by atoms with Crippen LogP contribution in [0, 0.1) is 23.7 Å². The van der Waals surface area contributed by atoms with Gasteiger partial charge >= 0.3 is 0 Å². The first kappa shape index (κ1) is 26.1. The first-order valence-corrected chi connectivity index (χ1v) is 12.9. The number of hydrogen-bond acceptors (Lipinski definition) is 6. The highest BCUT2D eigenvalue weighted by Gasteiger charge is 2.34. The number of carbonyl (C=O) groups excluding carboxylic acids is 1. The standard InChI is InChI=1S/C34H22N4O4/c1-41-25-13-7-21(8-14-25)3-5-23-11-17-27(35-19-23)31-29-30(34(40)37-31)32(38-33(29)39)28-18-12-24(20-36-28)6-4-22-9-15-26(42-2)16-10-22/h7-20,37,40H,1-2H3. The number of fused-ring (bicyclic) bond motifs is 1. The molecule has 0 aliphatic carbocycles. The molecule has 42 heavy (non-hydrogen) atoms. The number of nitrogens with one attached hydrogen (secondary N) is 1. The molecule has 8 heteroatoms. The highest BCUT2D eigenvalue weighted by molar-refractivity contribution is 6.29. The Balaban J connectivity index is 1.22. The molecule has 0 fully saturated rings. The molecule has 0 bridgehead atoms. The number of carbonyl (C=O) groups is 1. The summed E-state index contributed by atoms with van der Waals surface area (Å²) >= 11 is 0. The molecule has 0 spiro atoms. The Morgan fingerprint density at radius 2 is 1.12 bits per heavy atom. The van der Waals surface area contributed by atoms with Gasteiger partial charge in [0.25, 0.3) is 5.91 Å². The van der Waals surface area contributed by atoms with Crippen molar-refractivity contribution in [1.82, 2.24) is 15.0 Å². The number of benzene rings is 2. The summed E-state index contributed by atoms with van der Waals surface area (Å²) < 4.78 is 10.3. The summed E-state index contributed by atoms with van der Waals surface area (Å²) in [6.45, 7) is 0. The second kappa shape index (κ2) is 11.2. The summed E-state index contributed by atoms with van der Waals surface area (Å²) in [5.41, 5.74) is 5.19. The third-order valence-electron chi connectivity index (χ3n) is 6.55. The fourth-order valence-electron chi connectivity index (χ4n) is 4.38. The van der Waals surface area contributed by atoms with Crippen LogP contribution in [-0.4, -0.2) is 45.9 Å². The molecule has 3 aromatic heterocycles. The molecule has 1 amide bonds. The number of aliphatic imine (C=N–C) groups is 1. The second-order valence-electron chi connectivity index (χ2n) is 9.19. The Morgan fingerprint density at radius 3 is 1.60 bits per heavy atom. The zero-order valence-corrected chi connectivity index (χ0v) is 22.6. The third kappa shape index (κ3) is 5.21. The maximum absolute atomic E-state index is 13.0. The van der Waals surface area contributed by atoms with Crippen LogP contribution in [-0.2, 0) is 0 Å². The minimum Gasteiger partial charge on any atom is -0.497 e. The van der Waals surface area contributed by atoms with Crippen LogP contribution in [0.2, 0.25) is 0 Å². The van der Waals surface area contributed by atoms with E-state index in [9.17, 15) is 9.90 Å². The van der Waals surface area contributed by atoms with Crippen molar-refractivity contribution in [2.75, 3.05) is 14.2 Å². The van der Waals surface area contributed by atoms with Crippen molar-refractivity contribution in [1.29, 1.82) is 0 Å². The van der Waals surface area contributed by atoms with Crippen molar-refractivity contribution in [2.45, 2.75) is 0 Å². The maximum Gasteiger partial charge on any atom is 0.280 e. The third-order valence-corrected chi connectivity index (χ3v) is 6.55. The molecule has 0 saturated heterocycles. The monoisotopic (exact) mass is 550 g/mol. The Morgan fingerprint density at radius 1 is 0.643 bits per heavy atom. The minimum absolute atomic E-state index is 0.181. The molecule has 0 radical (unpaired) electrons. The molecular formula is C34H22N4O4. The van der Waals surface area contributed by atoms with Gasteiger partial charge in [-0.3, -0.25) is 14.8 Å². The Kier molecular flexibility index (Phi) is 6.94. The smallest absolute Gasteiger partial charge is 0.280 e. The number of aromatic nitrogens is 3. The van der Waals surface area contributed by atoms with E-state index in [0.717, 1.165) is 22.6 Å². The van der Waals surface area contributed by atoms with Gasteiger partial charge in [0.1, 0.15) is 17.2 Å². The van der Waals surface area contributed by atoms with Crippen LogP contribution >= 0.6 is 0 Å². The number of amides is 1. The lowest BCUT2D eigenvalue weighted by molar-refractivity contribution is 0.101. The van der Waals surface area contributed by atoms with E-state index in [1.807, 2.05) is 48.5 Å². The van der Waals surface area contributed by atoms with Crippen LogP contribution in [0.15, 0.2) is 90.2 Å². The normalized spacial score (nSPS) is 11.5. The van der Waals surface area contributed by atoms with Gasteiger partial charge in [-0.15, -0.1) is 0 Å². The summed E-state index contributed by atoms with van der Waals surface area (Å²) in [5, 5.41) is 10.8. The average Bonchev–Trinajstić information content (AvgIpc) is 3.57. The first-order valence-electron chi connectivity index (χ1n) is 12.9. The van der Waals surface area contributed by atoms with Crippen LogP contribution in [0.5, 0.6) is 17.4 Å². The van der Waals surface area contributed by atoms with E-state index in [-0.39, 0.29) is 17.2 Å². The van der Waals surface area contributed by atoms with E-state index in [1.165, 1.54) is 0 Å². The molecule has 5 aromatic rings. The van der Waals surface area contributed by atoms with Crippen molar-refractivity contribution < 1.29 is 19.4 Å². The second-order valence-corrected chi connectivity index (χ2v) is 9.19. The zero-order valence-electron chi connectivity index (χ0n) is 22.6. The minimum atomic E-state index is -0.484. The largest absolute Gasteiger partial charge is 0.497 e. The van der Waals surface area contributed by atoms with Crippen LogP contribution in [0.4, 0.5) is 0 Å². The molecule has 0 unspecified atom stereocenters. The van der Waals surface area contributed by atoms with Crippen LogP contribution in [0.3, 0.4) is 0 Å². The zero-order chi connectivity index (χ0) is 29.1. The van der Waals surface area contributed by atoms with Crippen LogP contribution in [0.25, 0.3) is 11.4 Å². The van der Waals surface area contributed by atoms with Gasteiger partial charge in [0.05, 0.1) is 42.4 Å². The molecule has 4 heterocycles. The summed E-state index contributed by atoms with van der Waals surface area (Å²) in [5.74, 6) is 13.2. The lowest BCUT2D eigenvalue weighted by Crippen LogP contribution is -2.03. The number of H-pyrrole nitrogens is 1. The lowest BCUT2D eigenvalue weighted by atomic mass is 10.0. The molecular weight excluding hydrogens is 528 g/mol. The number of hydrogen-bond donors (Lipinski definition) is 2. The van der Waals surface area contributed by atoms with Crippen molar-refractivity contribution in [3.8, 4) is 52.4 Å². The quantitative estimate of drug-likeness (QED) is 0.305. The first-order chi connectivity index (χ1) is 20.5. The van der Waals surface area contributed by atoms with Gasteiger partial charge in [-0.2, -0.15) is 0 Å². The van der Waals surface area contributed by atoms with Crippen LogP contribution in [0.1, 0.15) is 43.9 Å². The lowest BCUT2D eigenvalue weighted by Gasteiger charge is -2.01. The fourth-order valence-corrected chi connectivity index (χ4v) is 4.38. The van der Waals surface area contributed by atoms with Crippen molar-refractivity contribution in [3.05, 3.63) is 124 Å². The van der Waals surface area contributed by atoms with E-state index >= 15 is 0 Å². The molecule has 0 atom stereocenters. The highest BCUT2D eigenvalue weighted by Crippen LogP contribution is 2.37. The molecule has 6 rings (SSSR count). The van der Waals surface area contributed by atoms with Crippen LogP contribution < -0.4 is 9.47 Å². The number of rotatable bonds is 4. The topological polar surface area (TPSA) is 110 Å². The van der Waals surface area contributed by atoms with E-state index in [0.29, 0.717) is 33.8 Å². The van der Waals surface area contributed by atoms with E-state index < -0.39 is 5.91 Å². The SMILES string of the molecule is COc1ccc(C#Cc2ccc(C3=NC(=O)c4c(-c5ccc(C#Cc6ccc(OC)cc6)cn5)[nH]c(O)c43)nc2)cc1. The number of methoxy groups -OCH3 is 2. The van der Waals surface area contributed by atoms with Crippen molar-refractivity contribution >= 4 is 11.6 Å². The average molecular weight is 551 g/mol. The van der Waals surface area contributed by atoms with Gasteiger partial charge in [-0.05, 0) is 72.8 Å². The highest BCUT2D eigenvalue weighted by atomic mass is 16.5. The summed E-state index contributed by atoms with van der Waals surface area (Å²) in [6, 6.07) is 21.9. The predicted molar refractivity (Wildman–Crippen MR) is 158 cm³/mol. The number of nitrogens with zero attached hydrogens (tertiary/aromatic N) is 3. The molecule has 0 saturated carbocycles. The number of aromatic amines is 1. The fraction of sp³-hybridized carbons (Fsp3) is 0.0588. The van der Waals surface area contributed by atoms with Gasteiger partial charge in [0, 0.05) is 34.6 Å². The Labute approximate surface area is 241 Å². The number of aromatic hydroxyl groups is 1. The van der Waals surface area contributed by atoms with Gasteiger partial charge in [0.2, 0.25) is 0 Å². The Bertz CT molecular complexity index is 1950. The van der Waals surface area contributed by atoms with Crippen molar-refractivity contribution in [2.24, 2.45) is 4.99 Å². The molecule has 2 N–H and O–H groups in total. The van der Waals surface area contributed by atoms with Crippen molar-refractivity contribution in [3.63, 3.8) is 0 Å². The van der Waals surface area contributed by atoms with E-state index in [2.05, 4.69) is 43.6 Å². The summed E-state index contributed by atoms with van der Waals surface area (Å²) in [4.78, 5) is 29.0. The molecule has 2 aromatic carbocycles. The molecule has 8 nitrogen and oxygen atoms in total. The molecule has 202 valence electrons. The van der Waals surface area contributed by atoms with E-state index in [1.54, 1.807) is 50.9 Å². The predicted octanol–water partition coefficient (Wildman–Crippen LogP) is 4.99. The molecule has 1 aliphatic rings. The maximum atomic E-state index is 13.0. The van der Waals surface area contributed by atoms with Gasteiger partial charge in [-0.1, -0.05) is 23.7 Å². The summed E-state index contributed by atoms with van der Waals surface area (Å²) in [6.07, 6.45) is 3.22. The van der Waals surface area contributed by atoms with Gasteiger partial charge in [-0.25, -0.2) is 4.99 Å². The number of ether oxygens (including phenoxy) is 2. The van der Waals surface area contributed by atoms with E-state index in [4.69, 9.17) is 9.47 Å². The Hall–Kier alpha value is -6.12. The summed E-state index contributed by atoms with van der Waals surface area (Å²) in [7, 11) is 3.23. The van der Waals surface area contributed by atoms with Gasteiger partial charge < -0.3 is 19.6 Å². The van der Waals surface area contributed by atoms with Gasteiger partial charge in [0.15, 0.2) is 5.88 Å². The molecule has 1 aliphatic heterocycles. The number of pyridine rings is 2.